The highest BCUT2D eigenvalue weighted by Crippen LogP contribution is 2.22. The van der Waals surface area contributed by atoms with Crippen LogP contribution < -0.4 is 16.0 Å². The Morgan fingerprint density at radius 3 is 2.37 bits per heavy atom. The van der Waals surface area contributed by atoms with Crippen LogP contribution in [0.1, 0.15) is 5.56 Å². The number of rotatable bonds is 3. The summed E-state index contributed by atoms with van der Waals surface area (Å²) >= 11 is 0. The standard InChI is InChI=1S/C11H10F3N3O2/c12-11(13,14)19-8-3-1-7(2-4-8)6-17-10(18)5-9(15)16-17/h1-5,16H,6,15H2. The van der Waals surface area contributed by atoms with Crippen molar-refractivity contribution >= 4 is 5.82 Å². The molecule has 0 amide bonds. The number of halogens is 3. The molecule has 0 saturated heterocycles. The Morgan fingerprint density at radius 1 is 1.26 bits per heavy atom. The van der Waals surface area contributed by atoms with E-state index in [0.29, 0.717) is 5.56 Å². The van der Waals surface area contributed by atoms with Crippen LogP contribution in [0.5, 0.6) is 5.75 Å². The van der Waals surface area contributed by atoms with Crippen LogP contribution in [0, 0.1) is 0 Å². The van der Waals surface area contributed by atoms with E-state index in [1.165, 1.54) is 35.0 Å². The lowest BCUT2D eigenvalue weighted by Crippen LogP contribution is -2.18. The maximum atomic E-state index is 12.0. The number of nitrogens with zero attached hydrogens (tertiary/aromatic N) is 1. The second kappa shape index (κ2) is 4.71. The SMILES string of the molecule is Nc1cc(=O)n(Cc2ccc(OC(F)(F)F)cc2)[nH]1. The Bertz CT molecular complexity index is 613. The van der Waals surface area contributed by atoms with Crippen molar-refractivity contribution in [1.82, 2.24) is 9.78 Å². The van der Waals surface area contributed by atoms with Crippen LogP contribution in [-0.4, -0.2) is 16.1 Å². The van der Waals surface area contributed by atoms with Gasteiger partial charge in [0.15, 0.2) is 0 Å². The van der Waals surface area contributed by atoms with Crippen LogP contribution in [0.15, 0.2) is 35.1 Å². The summed E-state index contributed by atoms with van der Waals surface area (Å²) in [5.41, 5.74) is 5.73. The van der Waals surface area contributed by atoms with Crippen molar-refractivity contribution in [2.45, 2.75) is 12.9 Å². The van der Waals surface area contributed by atoms with Crippen molar-refractivity contribution in [2.24, 2.45) is 0 Å². The maximum absolute atomic E-state index is 12.0. The molecule has 0 aliphatic rings. The molecule has 19 heavy (non-hydrogen) atoms. The normalized spacial score (nSPS) is 11.5. The molecule has 3 N–H and O–H groups in total. The molecule has 1 aromatic carbocycles. The Hall–Kier alpha value is -2.38. The summed E-state index contributed by atoms with van der Waals surface area (Å²) in [4.78, 5) is 11.4. The summed E-state index contributed by atoms with van der Waals surface area (Å²) in [5.74, 6) is -0.0865. The second-order valence-corrected chi connectivity index (χ2v) is 3.83. The van der Waals surface area contributed by atoms with E-state index in [1.54, 1.807) is 0 Å². The number of alkyl halides is 3. The Balaban J connectivity index is 2.11. The zero-order valence-corrected chi connectivity index (χ0v) is 9.57. The summed E-state index contributed by atoms with van der Waals surface area (Å²) in [6, 6.07) is 6.45. The zero-order valence-electron chi connectivity index (χ0n) is 9.57. The number of H-pyrrole nitrogens is 1. The van der Waals surface area contributed by atoms with Crippen LogP contribution >= 0.6 is 0 Å². The van der Waals surface area contributed by atoms with E-state index in [0.717, 1.165) is 0 Å². The van der Waals surface area contributed by atoms with Gasteiger partial charge in [0.1, 0.15) is 11.6 Å². The molecule has 0 aliphatic heterocycles. The van der Waals surface area contributed by atoms with Gasteiger partial charge in [-0.05, 0) is 17.7 Å². The first-order chi connectivity index (χ1) is 8.83. The van der Waals surface area contributed by atoms with Gasteiger partial charge >= 0.3 is 6.36 Å². The minimum atomic E-state index is -4.72. The van der Waals surface area contributed by atoms with E-state index in [2.05, 4.69) is 9.84 Å². The number of anilines is 1. The van der Waals surface area contributed by atoms with E-state index < -0.39 is 6.36 Å². The fourth-order valence-corrected chi connectivity index (χ4v) is 1.55. The largest absolute Gasteiger partial charge is 0.573 e. The quantitative estimate of drug-likeness (QED) is 0.894. The minimum Gasteiger partial charge on any atom is -0.406 e. The number of benzene rings is 1. The lowest BCUT2D eigenvalue weighted by molar-refractivity contribution is -0.274. The van der Waals surface area contributed by atoms with Crippen LogP contribution in [0.25, 0.3) is 0 Å². The van der Waals surface area contributed by atoms with E-state index in [4.69, 9.17) is 5.73 Å². The number of hydrogen-bond donors (Lipinski definition) is 2. The number of nitrogens with two attached hydrogens (primary N) is 1. The molecule has 1 aromatic heterocycles. The van der Waals surface area contributed by atoms with Gasteiger partial charge in [-0.2, -0.15) is 0 Å². The first-order valence-corrected chi connectivity index (χ1v) is 5.23. The molecule has 1 heterocycles. The number of hydrogen-bond acceptors (Lipinski definition) is 3. The van der Waals surface area contributed by atoms with Crippen molar-refractivity contribution in [3.63, 3.8) is 0 Å². The topological polar surface area (TPSA) is 73.0 Å². The first-order valence-electron chi connectivity index (χ1n) is 5.23. The van der Waals surface area contributed by atoms with E-state index in [9.17, 15) is 18.0 Å². The fourth-order valence-electron chi connectivity index (χ4n) is 1.55. The third-order valence-corrected chi connectivity index (χ3v) is 2.31. The van der Waals surface area contributed by atoms with Crippen molar-refractivity contribution in [2.75, 3.05) is 5.73 Å². The van der Waals surface area contributed by atoms with Gasteiger partial charge in [-0.25, -0.2) is 4.68 Å². The lowest BCUT2D eigenvalue weighted by Gasteiger charge is -2.09. The molecule has 8 heteroatoms. The van der Waals surface area contributed by atoms with Gasteiger partial charge < -0.3 is 10.5 Å². The zero-order chi connectivity index (χ0) is 14.0. The molecular formula is C11H10F3N3O2. The van der Waals surface area contributed by atoms with E-state index in [-0.39, 0.29) is 23.7 Å². The van der Waals surface area contributed by atoms with Gasteiger partial charge in [0, 0.05) is 6.07 Å². The molecule has 0 spiro atoms. The van der Waals surface area contributed by atoms with Gasteiger partial charge in [0.05, 0.1) is 6.54 Å². The molecule has 5 nitrogen and oxygen atoms in total. The molecule has 0 aliphatic carbocycles. The third-order valence-electron chi connectivity index (χ3n) is 2.31. The molecule has 0 saturated carbocycles. The molecule has 2 aromatic rings. The monoisotopic (exact) mass is 273 g/mol. The number of nitrogen functional groups attached to an aromatic ring is 1. The minimum absolute atomic E-state index is 0.183. The fraction of sp³-hybridized carbons (Fsp3) is 0.182. The second-order valence-electron chi connectivity index (χ2n) is 3.83. The van der Waals surface area contributed by atoms with Gasteiger partial charge in [0.2, 0.25) is 0 Å². The Kier molecular flexibility index (Phi) is 3.24. The predicted molar refractivity (Wildman–Crippen MR) is 61.7 cm³/mol. The number of nitrogens with one attached hydrogen (secondary N) is 1. The molecule has 0 bridgehead atoms. The molecule has 0 fully saturated rings. The van der Waals surface area contributed by atoms with Gasteiger partial charge in [0.25, 0.3) is 5.56 Å². The number of aromatic amines is 1. The van der Waals surface area contributed by atoms with Gasteiger partial charge in [-0.1, -0.05) is 12.1 Å². The lowest BCUT2D eigenvalue weighted by atomic mass is 10.2. The predicted octanol–water partition coefficient (Wildman–Crippen LogP) is 1.71. The Labute approximate surface area is 105 Å². The molecule has 0 unspecified atom stereocenters. The molecule has 102 valence electrons. The summed E-state index contributed by atoms with van der Waals surface area (Å²) in [6.45, 7) is 0.183. The van der Waals surface area contributed by atoms with Crippen LogP contribution in [0.3, 0.4) is 0 Å². The highest BCUT2D eigenvalue weighted by Gasteiger charge is 2.30. The summed E-state index contributed by atoms with van der Waals surface area (Å²) in [7, 11) is 0. The van der Waals surface area contributed by atoms with Crippen LogP contribution in [0.4, 0.5) is 19.0 Å². The summed E-state index contributed by atoms with van der Waals surface area (Å²) in [5, 5.41) is 2.62. The average molecular weight is 273 g/mol. The maximum Gasteiger partial charge on any atom is 0.573 e. The van der Waals surface area contributed by atoms with Crippen molar-refractivity contribution < 1.29 is 17.9 Å². The van der Waals surface area contributed by atoms with E-state index >= 15 is 0 Å². The highest BCUT2D eigenvalue weighted by atomic mass is 19.4. The number of ether oxygens (including phenoxy) is 1. The Morgan fingerprint density at radius 2 is 1.89 bits per heavy atom. The summed E-state index contributed by atoms with van der Waals surface area (Å²) < 4.78 is 40.9. The molecule has 0 atom stereocenters. The van der Waals surface area contributed by atoms with Gasteiger partial charge in [-0.3, -0.25) is 9.89 Å². The van der Waals surface area contributed by atoms with Gasteiger partial charge in [-0.15, -0.1) is 13.2 Å². The number of aromatic nitrogens is 2. The highest BCUT2D eigenvalue weighted by molar-refractivity contribution is 5.28. The average Bonchev–Trinajstić information content (AvgIpc) is 2.58. The molecule has 2 rings (SSSR count). The third kappa shape index (κ3) is 3.54. The van der Waals surface area contributed by atoms with Crippen molar-refractivity contribution in [3.8, 4) is 5.75 Å². The first kappa shape index (κ1) is 13.1. The van der Waals surface area contributed by atoms with Crippen molar-refractivity contribution in [3.05, 3.63) is 46.2 Å². The van der Waals surface area contributed by atoms with E-state index in [1.807, 2.05) is 0 Å². The molecule has 0 radical (unpaired) electrons. The molecular weight excluding hydrogens is 263 g/mol. The smallest absolute Gasteiger partial charge is 0.406 e. The van der Waals surface area contributed by atoms with Crippen molar-refractivity contribution in [1.29, 1.82) is 0 Å². The van der Waals surface area contributed by atoms with Crippen LogP contribution in [-0.2, 0) is 6.54 Å². The summed E-state index contributed by atoms with van der Waals surface area (Å²) in [6.07, 6.45) is -4.72. The van der Waals surface area contributed by atoms with Crippen LogP contribution in [0.2, 0.25) is 0 Å².